The van der Waals surface area contributed by atoms with Crippen LogP contribution in [-0.4, -0.2) is 35.6 Å². The molecule has 0 aliphatic rings. The van der Waals surface area contributed by atoms with Crippen LogP contribution in [0.4, 0.5) is 0 Å². The Hall–Kier alpha value is -0.120. The molecule has 0 spiro atoms. The van der Waals surface area contributed by atoms with Crippen molar-refractivity contribution in [1.82, 2.24) is 0 Å². The minimum Gasteiger partial charge on any atom is -0.394 e. The molecule has 3 unspecified atom stereocenters. The van der Waals surface area contributed by atoms with E-state index in [2.05, 4.69) is 20.8 Å². The van der Waals surface area contributed by atoms with Crippen molar-refractivity contribution in [2.24, 2.45) is 5.92 Å². The zero-order valence-corrected chi connectivity index (χ0v) is 32.9. The summed E-state index contributed by atoms with van der Waals surface area (Å²) in [5.74, 6) is 0.592. The molecular weight excluding hydrogens is 576 g/mol. The van der Waals surface area contributed by atoms with Gasteiger partial charge in [-0.25, -0.2) is 0 Å². The molecule has 0 aromatic heterocycles. The molecule has 284 valence electrons. The van der Waals surface area contributed by atoms with Crippen molar-refractivity contribution in [1.29, 1.82) is 0 Å². The Balaban J connectivity index is 3.98. The van der Waals surface area contributed by atoms with Gasteiger partial charge in [-0.3, -0.25) is 0 Å². The van der Waals surface area contributed by atoms with Gasteiger partial charge in [-0.2, -0.15) is 0 Å². The molecule has 0 aromatic carbocycles. The van der Waals surface area contributed by atoms with E-state index in [1.807, 2.05) is 0 Å². The Bertz CT molecular complexity index is 552. The van der Waals surface area contributed by atoms with Crippen LogP contribution in [0.5, 0.6) is 0 Å². The van der Waals surface area contributed by atoms with Gasteiger partial charge in [0.2, 0.25) is 0 Å². The summed E-state index contributed by atoms with van der Waals surface area (Å²) in [4.78, 5) is 0. The Morgan fingerprint density at radius 3 is 0.957 bits per heavy atom. The molecule has 0 heterocycles. The molecule has 0 fully saturated rings. The Morgan fingerprint density at radius 2 is 0.660 bits per heavy atom. The van der Waals surface area contributed by atoms with Crippen molar-refractivity contribution in [3.05, 3.63) is 0 Å². The zero-order valence-electron chi connectivity index (χ0n) is 32.9. The van der Waals surface area contributed by atoms with Gasteiger partial charge in [0.15, 0.2) is 0 Å². The number of rotatable bonds is 41. The minimum absolute atomic E-state index is 0.205. The number of aliphatic hydroxyl groups excluding tert-OH is 2. The molecule has 0 saturated carbocycles. The lowest BCUT2D eigenvalue weighted by molar-refractivity contribution is -0.0559. The van der Waals surface area contributed by atoms with E-state index in [0.717, 1.165) is 6.42 Å². The molecule has 3 nitrogen and oxygen atoms in total. The SMILES string of the molecule is CCCCCCCCCCCCCCCCCCC(CCC)C(CCCCCCCCCCCCCCCCCC)OCC(O)CO. The van der Waals surface area contributed by atoms with E-state index in [1.165, 1.54) is 225 Å². The lowest BCUT2D eigenvalue weighted by atomic mass is 9.88. The van der Waals surface area contributed by atoms with Gasteiger partial charge in [0.1, 0.15) is 6.10 Å². The van der Waals surface area contributed by atoms with Gasteiger partial charge < -0.3 is 14.9 Å². The largest absolute Gasteiger partial charge is 0.394 e. The van der Waals surface area contributed by atoms with Gasteiger partial charge in [0.05, 0.1) is 19.3 Å². The number of hydrogen-bond acceptors (Lipinski definition) is 3. The van der Waals surface area contributed by atoms with Crippen molar-refractivity contribution in [3.63, 3.8) is 0 Å². The van der Waals surface area contributed by atoms with Crippen LogP contribution in [0, 0.1) is 5.92 Å². The van der Waals surface area contributed by atoms with Crippen LogP contribution in [0.25, 0.3) is 0 Å². The van der Waals surface area contributed by atoms with Gasteiger partial charge in [0.25, 0.3) is 0 Å². The second kappa shape index (κ2) is 40.3. The molecule has 0 aliphatic heterocycles. The maximum Gasteiger partial charge on any atom is 0.100 e. The highest BCUT2D eigenvalue weighted by Crippen LogP contribution is 2.27. The summed E-state index contributed by atoms with van der Waals surface area (Å²) in [5.41, 5.74) is 0. The van der Waals surface area contributed by atoms with Crippen molar-refractivity contribution >= 4 is 0 Å². The summed E-state index contributed by atoms with van der Waals surface area (Å²) in [6.07, 6.45) is 49.3. The van der Waals surface area contributed by atoms with Crippen LogP contribution in [0.2, 0.25) is 0 Å². The molecule has 2 N–H and O–H groups in total. The zero-order chi connectivity index (χ0) is 34.3. The maximum atomic E-state index is 9.98. The third kappa shape index (κ3) is 35.5. The molecule has 3 heteroatoms. The summed E-state index contributed by atoms with van der Waals surface area (Å²) in [6, 6.07) is 0. The second-order valence-corrected chi connectivity index (χ2v) is 15.4. The summed E-state index contributed by atoms with van der Waals surface area (Å²) < 4.78 is 6.30. The fraction of sp³-hybridized carbons (Fsp3) is 1.00. The standard InChI is InChI=1S/C44H90O3/c1-4-7-9-11-13-15-17-19-21-23-25-27-29-31-33-35-38-42(37-6-3)44(47-41-43(46)40-45)39-36-34-32-30-28-26-24-22-20-18-16-14-12-10-8-5-2/h42-46H,4-41H2,1-3H3. The monoisotopic (exact) mass is 667 g/mol. The molecule has 3 atom stereocenters. The van der Waals surface area contributed by atoms with E-state index < -0.39 is 6.10 Å². The van der Waals surface area contributed by atoms with Crippen molar-refractivity contribution in [2.75, 3.05) is 13.2 Å². The van der Waals surface area contributed by atoms with E-state index in [-0.39, 0.29) is 19.3 Å². The van der Waals surface area contributed by atoms with Crippen LogP contribution < -0.4 is 0 Å². The highest BCUT2D eigenvalue weighted by Gasteiger charge is 2.22. The normalized spacial score (nSPS) is 13.7. The summed E-state index contributed by atoms with van der Waals surface area (Å²) in [6.45, 7) is 6.97. The van der Waals surface area contributed by atoms with Gasteiger partial charge in [-0.1, -0.05) is 233 Å². The van der Waals surface area contributed by atoms with Crippen LogP contribution in [0.15, 0.2) is 0 Å². The van der Waals surface area contributed by atoms with Crippen LogP contribution >= 0.6 is 0 Å². The second-order valence-electron chi connectivity index (χ2n) is 15.4. The smallest absolute Gasteiger partial charge is 0.100 e. The summed E-state index contributed by atoms with van der Waals surface area (Å²) >= 11 is 0. The van der Waals surface area contributed by atoms with Crippen LogP contribution in [0.1, 0.15) is 252 Å². The third-order valence-electron chi connectivity index (χ3n) is 10.7. The molecule has 47 heavy (non-hydrogen) atoms. The Kier molecular flexibility index (Phi) is 40.2. The van der Waals surface area contributed by atoms with Crippen LogP contribution in [0.3, 0.4) is 0 Å². The van der Waals surface area contributed by atoms with Crippen LogP contribution in [-0.2, 0) is 4.74 Å². The van der Waals surface area contributed by atoms with Crippen molar-refractivity contribution in [3.8, 4) is 0 Å². The average Bonchev–Trinajstić information content (AvgIpc) is 3.08. The molecule has 0 bridgehead atoms. The minimum atomic E-state index is -0.749. The number of unbranched alkanes of at least 4 members (excludes halogenated alkanes) is 30. The molecule has 0 aliphatic carbocycles. The molecule has 0 rings (SSSR count). The average molecular weight is 667 g/mol. The number of ether oxygens (including phenoxy) is 1. The first-order chi connectivity index (χ1) is 23.2. The highest BCUT2D eigenvalue weighted by atomic mass is 16.5. The topological polar surface area (TPSA) is 49.7 Å². The van der Waals surface area contributed by atoms with E-state index >= 15 is 0 Å². The first-order valence-corrected chi connectivity index (χ1v) is 22.1. The van der Waals surface area contributed by atoms with E-state index in [9.17, 15) is 10.2 Å². The van der Waals surface area contributed by atoms with Gasteiger partial charge in [0, 0.05) is 0 Å². The fourth-order valence-electron chi connectivity index (χ4n) is 7.48. The molecule has 0 radical (unpaired) electrons. The number of aliphatic hydroxyl groups is 2. The predicted octanol–water partition coefficient (Wildman–Crippen LogP) is 14.4. The lowest BCUT2D eigenvalue weighted by Gasteiger charge is -2.28. The van der Waals surface area contributed by atoms with Gasteiger partial charge >= 0.3 is 0 Å². The lowest BCUT2D eigenvalue weighted by Crippen LogP contribution is -2.30. The molecule has 0 aromatic rings. The summed E-state index contributed by atoms with van der Waals surface area (Å²) in [5, 5.41) is 19.3. The van der Waals surface area contributed by atoms with Crippen molar-refractivity contribution in [2.45, 2.75) is 264 Å². The molecule has 0 amide bonds. The Morgan fingerprint density at radius 1 is 0.362 bits per heavy atom. The quantitative estimate of drug-likeness (QED) is 0.0638. The van der Waals surface area contributed by atoms with Crippen molar-refractivity contribution < 1.29 is 14.9 Å². The van der Waals surface area contributed by atoms with Gasteiger partial charge in [-0.15, -0.1) is 0 Å². The Labute approximate surface area is 297 Å². The van der Waals surface area contributed by atoms with E-state index in [0.29, 0.717) is 5.92 Å². The van der Waals surface area contributed by atoms with Gasteiger partial charge in [-0.05, 0) is 25.2 Å². The summed E-state index contributed by atoms with van der Waals surface area (Å²) in [7, 11) is 0. The first-order valence-electron chi connectivity index (χ1n) is 22.1. The van der Waals surface area contributed by atoms with E-state index in [1.54, 1.807) is 0 Å². The molecular formula is C44H90O3. The maximum absolute atomic E-state index is 9.98. The fourth-order valence-corrected chi connectivity index (χ4v) is 7.48. The molecule has 0 saturated heterocycles. The number of hydrogen-bond donors (Lipinski definition) is 2. The first kappa shape index (κ1) is 46.9. The predicted molar refractivity (Wildman–Crippen MR) is 210 cm³/mol. The van der Waals surface area contributed by atoms with E-state index in [4.69, 9.17) is 4.74 Å². The highest BCUT2D eigenvalue weighted by molar-refractivity contribution is 4.72. The third-order valence-corrected chi connectivity index (χ3v) is 10.7.